The molecule has 2 rings (SSSR count). The standard InChI is InChI=1S/C12H20N4O3/c1-18-12(17)11-10(2-5-13)16(15-14-11)8-9-3-6-19-7-4-9/h9H,2-8,13H2,1H3. The molecular formula is C12H20N4O3. The van der Waals surface area contributed by atoms with Crippen LogP contribution in [0.25, 0.3) is 0 Å². The van der Waals surface area contributed by atoms with Crippen LogP contribution in [0.15, 0.2) is 0 Å². The van der Waals surface area contributed by atoms with E-state index < -0.39 is 5.97 Å². The molecule has 0 spiro atoms. The van der Waals surface area contributed by atoms with Crippen LogP contribution in [-0.2, 0) is 22.4 Å². The number of nitrogens with zero attached hydrogens (tertiary/aromatic N) is 3. The monoisotopic (exact) mass is 268 g/mol. The van der Waals surface area contributed by atoms with Crippen LogP contribution in [0.3, 0.4) is 0 Å². The molecule has 1 aliphatic heterocycles. The van der Waals surface area contributed by atoms with Crippen molar-refractivity contribution in [1.82, 2.24) is 15.0 Å². The Balaban J connectivity index is 2.14. The minimum Gasteiger partial charge on any atom is -0.464 e. The highest BCUT2D eigenvalue weighted by Gasteiger charge is 2.22. The first-order chi connectivity index (χ1) is 9.26. The molecule has 1 aromatic heterocycles. The van der Waals surface area contributed by atoms with Crippen LogP contribution in [0, 0.1) is 5.92 Å². The summed E-state index contributed by atoms with van der Waals surface area (Å²) < 4.78 is 11.8. The first-order valence-electron chi connectivity index (χ1n) is 6.54. The molecule has 0 atom stereocenters. The smallest absolute Gasteiger partial charge is 0.360 e. The lowest BCUT2D eigenvalue weighted by Gasteiger charge is -2.22. The van der Waals surface area contributed by atoms with E-state index in [1.807, 2.05) is 0 Å². The van der Waals surface area contributed by atoms with E-state index in [0.29, 0.717) is 18.9 Å². The second-order valence-electron chi connectivity index (χ2n) is 4.65. The first kappa shape index (κ1) is 14.0. The van der Waals surface area contributed by atoms with Crippen LogP contribution in [0.1, 0.15) is 29.0 Å². The molecule has 2 heterocycles. The molecule has 0 radical (unpaired) electrons. The summed E-state index contributed by atoms with van der Waals surface area (Å²) in [6.45, 7) is 2.78. The van der Waals surface area contributed by atoms with Gasteiger partial charge in [0.25, 0.3) is 0 Å². The molecule has 0 unspecified atom stereocenters. The summed E-state index contributed by atoms with van der Waals surface area (Å²) in [5.41, 5.74) is 6.63. The molecule has 0 aliphatic carbocycles. The largest absolute Gasteiger partial charge is 0.464 e. The Morgan fingerprint density at radius 2 is 2.26 bits per heavy atom. The van der Waals surface area contributed by atoms with E-state index in [2.05, 4.69) is 10.3 Å². The summed E-state index contributed by atoms with van der Waals surface area (Å²) in [5, 5.41) is 7.99. The molecule has 0 aromatic carbocycles. The van der Waals surface area contributed by atoms with Crippen molar-refractivity contribution in [3.8, 4) is 0 Å². The molecule has 2 N–H and O–H groups in total. The van der Waals surface area contributed by atoms with Gasteiger partial charge in [-0.25, -0.2) is 9.48 Å². The van der Waals surface area contributed by atoms with E-state index in [0.717, 1.165) is 38.3 Å². The topological polar surface area (TPSA) is 92.3 Å². The number of methoxy groups -OCH3 is 1. The summed E-state index contributed by atoms with van der Waals surface area (Å²) in [7, 11) is 1.34. The number of carbonyl (C=O) groups excluding carboxylic acids is 1. The maximum Gasteiger partial charge on any atom is 0.360 e. The second kappa shape index (κ2) is 6.63. The van der Waals surface area contributed by atoms with Crippen LogP contribution < -0.4 is 5.73 Å². The summed E-state index contributed by atoms with van der Waals surface area (Å²) in [6, 6.07) is 0. The minimum atomic E-state index is -0.457. The van der Waals surface area contributed by atoms with E-state index in [9.17, 15) is 4.79 Å². The number of aromatic nitrogens is 3. The number of ether oxygens (including phenoxy) is 2. The maximum absolute atomic E-state index is 11.6. The molecular weight excluding hydrogens is 248 g/mol. The van der Waals surface area contributed by atoms with Gasteiger partial charge in [-0.05, 0) is 25.3 Å². The molecule has 1 aromatic rings. The van der Waals surface area contributed by atoms with Crippen molar-refractivity contribution in [2.24, 2.45) is 11.7 Å². The Kier molecular flexibility index (Phi) is 4.86. The van der Waals surface area contributed by atoms with E-state index in [4.69, 9.17) is 15.2 Å². The lowest BCUT2D eigenvalue weighted by molar-refractivity contribution is 0.0584. The number of hydrogen-bond acceptors (Lipinski definition) is 6. The summed E-state index contributed by atoms with van der Waals surface area (Å²) in [4.78, 5) is 11.6. The molecule has 7 heteroatoms. The van der Waals surface area contributed by atoms with Gasteiger partial charge < -0.3 is 15.2 Å². The Morgan fingerprint density at radius 3 is 2.89 bits per heavy atom. The number of carbonyl (C=O) groups is 1. The van der Waals surface area contributed by atoms with Crippen molar-refractivity contribution in [2.75, 3.05) is 26.9 Å². The molecule has 1 saturated heterocycles. The number of rotatable bonds is 5. The van der Waals surface area contributed by atoms with Crippen LogP contribution >= 0.6 is 0 Å². The zero-order chi connectivity index (χ0) is 13.7. The Morgan fingerprint density at radius 1 is 1.53 bits per heavy atom. The number of nitrogens with two attached hydrogens (primary N) is 1. The molecule has 1 fully saturated rings. The lowest BCUT2D eigenvalue weighted by Crippen LogP contribution is -2.23. The predicted octanol–water partition coefficient (Wildman–Crippen LogP) is -0.00750. The highest BCUT2D eigenvalue weighted by molar-refractivity contribution is 5.88. The van der Waals surface area contributed by atoms with Crippen LogP contribution in [0.5, 0.6) is 0 Å². The van der Waals surface area contributed by atoms with Gasteiger partial charge in [0.2, 0.25) is 0 Å². The fourth-order valence-corrected chi connectivity index (χ4v) is 2.29. The third-order valence-corrected chi connectivity index (χ3v) is 3.37. The van der Waals surface area contributed by atoms with Crippen molar-refractivity contribution in [3.63, 3.8) is 0 Å². The van der Waals surface area contributed by atoms with E-state index >= 15 is 0 Å². The molecule has 0 bridgehead atoms. The molecule has 19 heavy (non-hydrogen) atoms. The van der Waals surface area contributed by atoms with Crippen molar-refractivity contribution >= 4 is 5.97 Å². The predicted molar refractivity (Wildman–Crippen MR) is 67.7 cm³/mol. The van der Waals surface area contributed by atoms with Crippen LogP contribution in [-0.4, -0.2) is 47.8 Å². The van der Waals surface area contributed by atoms with Crippen molar-refractivity contribution in [2.45, 2.75) is 25.8 Å². The highest BCUT2D eigenvalue weighted by Crippen LogP contribution is 2.18. The highest BCUT2D eigenvalue weighted by atomic mass is 16.5. The van der Waals surface area contributed by atoms with Gasteiger partial charge in [0.1, 0.15) is 0 Å². The summed E-state index contributed by atoms with van der Waals surface area (Å²) in [6.07, 6.45) is 2.59. The third kappa shape index (κ3) is 3.30. The van der Waals surface area contributed by atoms with Crippen molar-refractivity contribution in [1.29, 1.82) is 0 Å². The van der Waals surface area contributed by atoms with Gasteiger partial charge >= 0.3 is 5.97 Å². The number of esters is 1. The van der Waals surface area contributed by atoms with Crippen molar-refractivity contribution < 1.29 is 14.3 Å². The minimum absolute atomic E-state index is 0.278. The van der Waals surface area contributed by atoms with Crippen LogP contribution in [0.2, 0.25) is 0 Å². The Bertz CT molecular complexity index is 427. The Labute approximate surface area is 112 Å². The fraction of sp³-hybridized carbons (Fsp3) is 0.750. The van der Waals surface area contributed by atoms with E-state index in [-0.39, 0.29) is 5.69 Å². The maximum atomic E-state index is 11.6. The summed E-state index contributed by atoms with van der Waals surface area (Å²) in [5.74, 6) is 0.0548. The van der Waals surface area contributed by atoms with Gasteiger partial charge in [-0.15, -0.1) is 5.10 Å². The fourth-order valence-electron chi connectivity index (χ4n) is 2.29. The molecule has 106 valence electrons. The average molecular weight is 268 g/mol. The van der Waals surface area contributed by atoms with Gasteiger partial charge in [-0.1, -0.05) is 5.21 Å². The van der Waals surface area contributed by atoms with Crippen LogP contribution in [0.4, 0.5) is 0 Å². The molecule has 1 aliphatic rings. The normalized spacial score (nSPS) is 16.5. The quantitative estimate of drug-likeness (QED) is 0.755. The SMILES string of the molecule is COC(=O)c1nnn(CC2CCOCC2)c1CCN. The average Bonchev–Trinajstić information content (AvgIpc) is 2.83. The van der Waals surface area contributed by atoms with E-state index in [1.165, 1.54) is 7.11 Å². The van der Waals surface area contributed by atoms with Gasteiger partial charge in [0, 0.05) is 26.2 Å². The van der Waals surface area contributed by atoms with E-state index in [1.54, 1.807) is 4.68 Å². The molecule has 0 saturated carbocycles. The third-order valence-electron chi connectivity index (χ3n) is 3.37. The second-order valence-corrected chi connectivity index (χ2v) is 4.65. The zero-order valence-corrected chi connectivity index (χ0v) is 11.2. The summed E-state index contributed by atoms with van der Waals surface area (Å²) >= 11 is 0. The number of hydrogen-bond donors (Lipinski definition) is 1. The first-order valence-corrected chi connectivity index (χ1v) is 6.54. The molecule has 7 nitrogen and oxygen atoms in total. The lowest BCUT2D eigenvalue weighted by atomic mass is 10.0. The zero-order valence-electron chi connectivity index (χ0n) is 11.2. The Hall–Kier alpha value is -1.47. The van der Waals surface area contributed by atoms with Gasteiger partial charge in [-0.3, -0.25) is 0 Å². The van der Waals surface area contributed by atoms with Gasteiger partial charge in [0.15, 0.2) is 5.69 Å². The van der Waals surface area contributed by atoms with Gasteiger partial charge in [0.05, 0.1) is 12.8 Å². The molecule has 0 amide bonds. The van der Waals surface area contributed by atoms with Gasteiger partial charge in [-0.2, -0.15) is 0 Å². The van der Waals surface area contributed by atoms with Crippen molar-refractivity contribution in [3.05, 3.63) is 11.4 Å².